The van der Waals surface area contributed by atoms with Crippen LogP contribution < -0.4 is 5.32 Å². The van der Waals surface area contributed by atoms with Gasteiger partial charge in [-0.15, -0.1) is 0 Å². The maximum absolute atomic E-state index is 14.3. The smallest absolute Gasteiger partial charge is 0.241 e. The monoisotopic (exact) mass is 389 g/mol. The summed E-state index contributed by atoms with van der Waals surface area (Å²) in [6.07, 6.45) is 7.78. The molecule has 2 aliphatic heterocycles. The van der Waals surface area contributed by atoms with Crippen LogP contribution in [0.1, 0.15) is 26.3 Å². The zero-order chi connectivity index (χ0) is 19.6. The van der Waals surface area contributed by atoms with Crippen molar-refractivity contribution >= 4 is 22.7 Å². The van der Waals surface area contributed by atoms with Gasteiger partial charge in [-0.1, -0.05) is 41.6 Å². The predicted molar refractivity (Wildman–Crippen MR) is 105 cm³/mol. The standard InChI is InChI=1S/C20H21F2N3OS/c1-13-6-4-5-7-14(2)20(12-23-11-13)25(15(3)26)24-19(27-20)17-10-16(21)8-9-18(17)22/h4-10,23H,11-12H2,1-3H3/b5-4-,13-6+,14-7+. The molecule has 0 saturated carbocycles. The van der Waals surface area contributed by atoms with Gasteiger partial charge in [0.05, 0.1) is 0 Å². The molecule has 7 heteroatoms. The number of hydrazone groups is 1. The van der Waals surface area contributed by atoms with E-state index in [1.165, 1.54) is 23.7 Å². The lowest BCUT2D eigenvalue weighted by Gasteiger charge is -2.36. The number of amides is 1. The Hall–Kier alpha value is -2.25. The van der Waals surface area contributed by atoms with Crippen molar-refractivity contribution in [2.24, 2.45) is 5.10 Å². The second-order valence-corrected chi connectivity index (χ2v) is 7.86. The summed E-state index contributed by atoms with van der Waals surface area (Å²) < 4.78 is 28.0. The van der Waals surface area contributed by atoms with Crippen LogP contribution in [0.3, 0.4) is 0 Å². The highest BCUT2D eigenvalue weighted by Crippen LogP contribution is 2.44. The number of hydrogen-bond donors (Lipinski definition) is 1. The topological polar surface area (TPSA) is 44.7 Å². The van der Waals surface area contributed by atoms with Crippen molar-refractivity contribution in [3.05, 3.63) is 70.8 Å². The van der Waals surface area contributed by atoms with Crippen LogP contribution in [0.25, 0.3) is 0 Å². The molecule has 1 aromatic rings. The molecule has 1 spiro atoms. The first-order valence-electron chi connectivity index (χ1n) is 8.59. The molecule has 1 unspecified atom stereocenters. The fourth-order valence-corrected chi connectivity index (χ4v) is 4.39. The fourth-order valence-electron chi connectivity index (χ4n) is 3.03. The highest BCUT2D eigenvalue weighted by Gasteiger charge is 2.47. The zero-order valence-electron chi connectivity index (χ0n) is 15.4. The first-order valence-corrected chi connectivity index (χ1v) is 9.41. The number of thioether (sulfide) groups is 1. The van der Waals surface area contributed by atoms with E-state index >= 15 is 0 Å². The molecule has 0 saturated heterocycles. The Morgan fingerprint density at radius 3 is 2.74 bits per heavy atom. The molecular formula is C20H21F2N3OS. The predicted octanol–water partition coefficient (Wildman–Crippen LogP) is 3.97. The molecule has 142 valence electrons. The van der Waals surface area contributed by atoms with E-state index in [4.69, 9.17) is 0 Å². The lowest BCUT2D eigenvalue weighted by molar-refractivity contribution is -0.131. The lowest BCUT2D eigenvalue weighted by Crippen LogP contribution is -2.51. The molecule has 0 radical (unpaired) electrons. The van der Waals surface area contributed by atoms with Gasteiger partial charge in [0.25, 0.3) is 0 Å². The number of hydrogen-bond acceptors (Lipinski definition) is 4. The summed E-state index contributed by atoms with van der Waals surface area (Å²) in [5.74, 6) is -1.39. The van der Waals surface area contributed by atoms with Crippen LogP contribution in [0.15, 0.2) is 58.8 Å². The lowest BCUT2D eigenvalue weighted by atomic mass is 10.1. The SMILES string of the molecule is CC(=O)N1N=C(c2cc(F)ccc2F)SC12CNC/C(C)=C/C=C\C=C\2C. The highest BCUT2D eigenvalue weighted by molar-refractivity contribution is 8.16. The van der Waals surface area contributed by atoms with Crippen LogP contribution in [-0.4, -0.2) is 33.9 Å². The summed E-state index contributed by atoms with van der Waals surface area (Å²) in [7, 11) is 0. The third-order valence-electron chi connectivity index (χ3n) is 4.48. The van der Waals surface area contributed by atoms with E-state index in [0.717, 1.165) is 29.3 Å². The summed E-state index contributed by atoms with van der Waals surface area (Å²) in [6.45, 7) is 6.41. The highest BCUT2D eigenvalue weighted by atomic mass is 32.2. The summed E-state index contributed by atoms with van der Waals surface area (Å²) >= 11 is 1.26. The Balaban J connectivity index is 2.06. The normalized spacial score (nSPS) is 28.2. The number of carbonyl (C=O) groups is 1. The molecule has 1 amide bonds. The van der Waals surface area contributed by atoms with E-state index in [1.807, 2.05) is 38.2 Å². The molecule has 2 aliphatic rings. The number of rotatable bonds is 1. The van der Waals surface area contributed by atoms with Gasteiger partial charge >= 0.3 is 0 Å². The minimum Gasteiger partial charge on any atom is -0.309 e. The molecule has 0 aromatic heterocycles. The number of benzene rings is 1. The maximum atomic E-state index is 14.3. The van der Waals surface area contributed by atoms with E-state index in [2.05, 4.69) is 10.4 Å². The van der Waals surface area contributed by atoms with Crippen molar-refractivity contribution in [1.29, 1.82) is 0 Å². The Morgan fingerprint density at radius 2 is 2.00 bits per heavy atom. The van der Waals surface area contributed by atoms with Crippen molar-refractivity contribution in [3.8, 4) is 0 Å². The van der Waals surface area contributed by atoms with E-state index in [-0.39, 0.29) is 16.5 Å². The Labute approximate surface area is 161 Å². The Kier molecular flexibility index (Phi) is 5.62. The van der Waals surface area contributed by atoms with Crippen molar-refractivity contribution in [2.45, 2.75) is 25.6 Å². The Morgan fingerprint density at radius 1 is 1.26 bits per heavy atom. The van der Waals surface area contributed by atoms with Gasteiger partial charge in [-0.25, -0.2) is 13.8 Å². The van der Waals surface area contributed by atoms with Crippen molar-refractivity contribution in [3.63, 3.8) is 0 Å². The van der Waals surface area contributed by atoms with Crippen LogP contribution in [0.4, 0.5) is 8.78 Å². The average Bonchev–Trinajstić information content (AvgIpc) is 3.01. The number of halogens is 2. The third-order valence-corrected chi connectivity index (χ3v) is 5.95. The van der Waals surface area contributed by atoms with Crippen molar-refractivity contribution in [1.82, 2.24) is 10.3 Å². The molecule has 3 rings (SSSR count). The van der Waals surface area contributed by atoms with Crippen LogP contribution in [0, 0.1) is 11.6 Å². The largest absolute Gasteiger partial charge is 0.309 e. The zero-order valence-corrected chi connectivity index (χ0v) is 16.2. The van der Waals surface area contributed by atoms with Gasteiger partial charge in [0.2, 0.25) is 5.91 Å². The second kappa shape index (κ2) is 7.78. The van der Waals surface area contributed by atoms with Crippen LogP contribution >= 0.6 is 11.8 Å². The van der Waals surface area contributed by atoms with Gasteiger partial charge in [-0.05, 0) is 37.6 Å². The first kappa shape index (κ1) is 19.5. The van der Waals surface area contributed by atoms with E-state index in [0.29, 0.717) is 13.1 Å². The Bertz CT molecular complexity index is 891. The molecule has 27 heavy (non-hydrogen) atoms. The van der Waals surface area contributed by atoms with Crippen molar-refractivity contribution in [2.75, 3.05) is 13.1 Å². The van der Waals surface area contributed by atoms with Crippen molar-refractivity contribution < 1.29 is 13.6 Å². The van der Waals surface area contributed by atoms with Gasteiger partial charge in [0, 0.05) is 25.6 Å². The first-order chi connectivity index (χ1) is 12.8. The molecule has 2 heterocycles. The van der Waals surface area contributed by atoms with Gasteiger partial charge in [-0.3, -0.25) is 4.79 Å². The van der Waals surface area contributed by atoms with Gasteiger partial charge in [0.1, 0.15) is 16.7 Å². The average molecular weight is 389 g/mol. The summed E-state index contributed by atoms with van der Waals surface area (Å²) in [6, 6.07) is 3.24. The quantitative estimate of drug-likeness (QED) is 0.791. The van der Waals surface area contributed by atoms with Gasteiger partial charge in [-0.2, -0.15) is 5.10 Å². The molecule has 0 aliphatic carbocycles. The molecular weight excluding hydrogens is 368 g/mol. The van der Waals surface area contributed by atoms with E-state index < -0.39 is 16.5 Å². The van der Waals surface area contributed by atoms with Gasteiger partial charge in [0.15, 0.2) is 4.87 Å². The van der Waals surface area contributed by atoms with Gasteiger partial charge < -0.3 is 5.32 Å². The minimum atomic E-state index is -0.845. The number of allylic oxidation sites excluding steroid dienone is 4. The maximum Gasteiger partial charge on any atom is 0.241 e. The number of carbonyl (C=O) groups excluding carboxylic acids is 1. The molecule has 1 atom stereocenters. The fraction of sp³-hybridized carbons (Fsp3) is 0.300. The minimum absolute atomic E-state index is 0.0552. The third kappa shape index (κ3) is 3.89. The summed E-state index contributed by atoms with van der Waals surface area (Å²) in [4.78, 5) is 11.5. The summed E-state index contributed by atoms with van der Waals surface area (Å²) in [5, 5.41) is 9.37. The second-order valence-electron chi connectivity index (χ2n) is 6.60. The molecule has 1 aromatic carbocycles. The van der Waals surface area contributed by atoms with Crippen LogP contribution in [0.5, 0.6) is 0 Å². The molecule has 0 fully saturated rings. The summed E-state index contributed by atoms with van der Waals surface area (Å²) in [5.41, 5.74) is 2.08. The van der Waals surface area contributed by atoms with E-state index in [9.17, 15) is 13.6 Å². The van der Waals surface area contributed by atoms with E-state index in [1.54, 1.807) is 0 Å². The number of nitrogens with one attached hydrogen (secondary N) is 1. The van der Waals surface area contributed by atoms with Crippen LogP contribution in [0.2, 0.25) is 0 Å². The molecule has 4 nitrogen and oxygen atoms in total. The number of nitrogens with zero attached hydrogens (tertiary/aromatic N) is 2. The molecule has 0 bridgehead atoms. The molecule has 1 N–H and O–H groups in total. The van der Waals surface area contributed by atoms with Crippen LogP contribution in [-0.2, 0) is 4.79 Å².